The summed E-state index contributed by atoms with van der Waals surface area (Å²) in [6.45, 7) is 4.83. The number of carbonyl (C=O) groups is 3. The van der Waals surface area contributed by atoms with Crippen LogP contribution in [0.4, 0.5) is 0 Å². The van der Waals surface area contributed by atoms with Crippen molar-refractivity contribution < 1.29 is 19.1 Å². The van der Waals surface area contributed by atoms with Crippen molar-refractivity contribution in [2.45, 2.75) is 77.7 Å². The zero-order chi connectivity index (χ0) is 23.4. The number of hydrogen-bond acceptors (Lipinski definition) is 5. The summed E-state index contributed by atoms with van der Waals surface area (Å²) in [6.07, 6.45) is 15.8. The Labute approximate surface area is 196 Å². The second-order valence-corrected chi connectivity index (χ2v) is 11.3. The molecule has 0 saturated heterocycles. The Morgan fingerprint density at radius 2 is 1.94 bits per heavy atom. The van der Waals surface area contributed by atoms with Crippen LogP contribution in [0.2, 0.25) is 0 Å². The van der Waals surface area contributed by atoms with Gasteiger partial charge in [0.2, 0.25) is 5.91 Å². The average Bonchev–Trinajstić information content (AvgIpc) is 3.10. The van der Waals surface area contributed by atoms with E-state index in [1.165, 1.54) is 5.57 Å². The van der Waals surface area contributed by atoms with Gasteiger partial charge in [0.15, 0.2) is 5.78 Å². The second-order valence-electron chi connectivity index (χ2n) is 11.3. The highest BCUT2D eigenvalue weighted by atomic mass is 16.5. The van der Waals surface area contributed by atoms with Gasteiger partial charge in [0.05, 0.1) is 0 Å². The van der Waals surface area contributed by atoms with Crippen LogP contribution in [0.1, 0.15) is 71.6 Å². The molecular weight excluding hydrogens is 416 g/mol. The maximum Gasteiger partial charge on any atom is 0.326 e. The predicted octanol–water partition coefficient (Wildman–Crippen LogP) is 4.02. The van der Waals surface area contributed by atoms with Gasteiger partial charge < -0.3 is 15.4 Å². The third-order valence-corrected chi connectivity index (χ3v) is 9.73. The minimum absolute atomic E-state index is 0.0187. The molecule has 6 unspecified atom stereocenters. The summed E-state index contributed by atoms with van der Waals surface area (Å²) in [7, 11) is 0. The predicted molar refractivity (Wildman–Crippen MR) is 124 cm³/mol. The van der Waals surface area contributed by atoms with E-state index < -0.39 is 5.91 Å². The van der Waals surface area contributed by atoms with Gasteiger partial charge in [-0.2, -0.15) is 0 Å². The molecule has 0 aromatic heterocycles. The number of primary amides is 1. The van der Waals surface area contributed by atoms with Gasteiger partial charge in [-0.05, 0) is 80.6 Å². The Balaban J connectivity index is 1.27. The molecule has 1 heterocycles. The fourth-order valence-electron chi connectivity index (χ4n) is 7.92. The summed E-state index contributed by atoms with van der Waals surface area (Å²) in [5.41, 5.74) is 7.46. The lowest BCUT2D eigenvalue weighted by Crippen LogP contribution is -2.51. The molecule has 6 heteroatoms. The quantitative estimate of drug-likeness (QED) is 0.651. The lowest BCUT2D eigenvalue weighted by molar-refractivity contribution is -0.160. The van der Waals surface area contributed by atoms with Gasteiger partial charge in [0, 0.05) is 29.8 Å². The summed E-state index contributed by atoms with van der Waals surface area (Å²) in [5.74, 6) is 1.45. The second kappa shape index (κ2) is 8.14. The molecule has 1 aliphatic heterocycles. The van der Waals surface area contributed by atoms with Crippen LogP contribution in [0.25, 0.3) is 0 Å². The molecule has 0 radical (unpaired) electrons. The van der Waals surface area contributed by atoms with E-state index in [2.05, 4.69) is 13.8 Å². The lowest BCUT2D eigenvalue weighted by Gasteiger charge is -2.57. The normalized spacial score (nSPS) is 39.7. The van der Waals surface area contributed by atoms with E-state index in [1.54, 1.807) is 17.3 Å². The van der Waals surface area contributed by atoms with Crippen LogP contribution in [0.15, 0.2) is 35.7 Å². The topological polar surface area (TPSA) is 89.7 Å². The number of ketones is 1. The Morgan fingerprint density at radius 1 is 1.12 bits per heavy atom. The van der Waals surface area contributed by atoms with Gasteiger partial charge in [-0.3, -0.25) is 14.4 Å². The molecular formula is C27H36N2O4. The summed E-state index contributed by atoms with van der Waals surface area (Å²) >= 11 is 0. The van der Waals surface area contributed by atoms with E-state index >= 15 is 0 Å². The van der Waals surface area contributed by atoms with Crippen LogP contribution in [0, 0.1) is 28.6 Å². The molecule has 6 atom stereocenters. The van der Waals surface area contributed by atoms with E-state index in [9.17, 15) is 14.4 Å². The number of nitrogens with two attached hydrogens (primary N) is 1. The van der Waals surface area contributed by atoms with Crippen LogP contribution >= 0.6 is 0 Å². The molecule has 6 nitrogen and oxygen atoms in total. The maximum absolute atomic E-state index is 12.8. The Bertz CT molecular complexity index is 965. The molecule has 3 fully saturated rings. The maximum atomic E-state index is 12.8. The minimum atomic E-state index is -0.456. The van der Waals surface area contributed by atoms with Crippen molar-refractivity contribution in [1.29, 1.82) is 0 Å². The van der Waals surface area contributed by atoms with Gasteiger partial charge in [-0.1, -0.05) is 25.5 Å². The van der Waals surface area contributed by atoms with Crippen LogP contribution in [-0.2, 0) is 19.1 Å². The van der Waals surface area contributed by atoms with Crippen molar-refractivity contribution in [3.05, 3.63) is 35.7 Å². The zero-order valence-corrected chi connectivity index (χ0v) is 19.8. The standard InChI is InChI=1S/C27H36N2O4/c1-26-11-9-19(30)14-18(26)5-6-20-21-7-8-23(27(21,2)12-10-22(20)26)33-24(31)16-29-13-3-4-17(15-29)25(28)32/h3,13-15,20-23H,4-12,16H2,1-2H3,(H2,28,32). The Kier molecular flexibility index (Phi) is 5.53. The molecule has 1 amide bonds. The molecule has 0 aromatic rings. The SMILES string of the molecule is CC12CCC(=O)C=C1CCC1C2CCC2(C)C(OC(=O)CN3C=CCC(C(N)=O)=C3)CCC12. The zero-order valence-electron chi connectivity index (χ0n) is 19.8. The highest BCUT2D eigenvalue weighted by Gasteiger charge is 2.60. The van der Waals surface area contributed by atoms with E-state index in [0.717, 1.165) is 44.9 Å². The largest absolute Gasteiger partial charge is 0.460 e. The first-order chi connectivity index (χ1) is 15.7. The molecule has 2 N–H and O–H groups in total. The van der Waals surface area contributed by atoms with Gasteiger partial charge >= 0.3 is 5.97 Å². The van der Waals surface area contributed by atoms with Crippen molar-refractivity contribution in [2.75, 3.05) is 6.54 Å². The summed E-state index contributed by atoms with van der Waals surface area (Å²) in [6, 6.07) is 0. The number of fused-ring (bicyclic) bond motifs is 5. The van der Waals surface area contributed by atoms with E-state index in [4.69, 9.17) is 10.5 Å². The van der Waals surface area contributed by atoms with Crippen molar-refractivity contribution in [3.8, 4) is 0 Å². The number of carbonyl (C=O) groups excluding carboxylic acids is 3. The summed E-state index contributed by atoms with van der Waals surface area (Å²) in [4.78, 5) is 38.0. The van der Waals surface area contributed by atoms with Gasteiger partial charge in [-0.15, -0.1) is 0 Å². The molecule has 0 aromatic carbocycles. The number of ether oxygens (including phenoxy) is 1. The van der Waals surface area contributed by atoms with Crippen molar-refractivity contribution in [3.63, 3.8) is 0 Å². The fourth-order valence-corrected chi connectivity index (χ4v) is 7.92. The smallest absolute Gasteiger partial charge is 0.326 e. The number of esters is 1. The number of amides is 1. The molecule has 0 bridgehead atoms. The number of hydrogen-bond donors (Lipinski definition) is 1. The van der Waals surface area contributed by atoms with Crippen LogP contribution < -0.4 is 5.73 Å². The van der Waals surface area contributed by atoms with Crippen molar-refractivity contribution >= 4 is 17.7 Å². The monoisotopic (exact) mass is 452 g/mol. The first-order valence-corrected chi connectivity index (χ1v) is 12.6. The molecule has 5 aliphatic rings. The minimum Gasteiger partial charge on any atom is -0.460 e. The van der Waals surface area contributed by atoms with E-state index in [1.807, 2.05) is 12.2 Å². The molecule has 178 valence electrons. The van der Waals surface area contributed by atoms with Crippen molar-refractivity contribution in [2.24, 2.45) is 34.3 Å². The van der Waals surface area contributed by atoms with Crippen LogP contribution in [0.5, 0.6) is 0 Å². The Hall–Kier alpha value is -2.37. The molecule has 33 heavy (non-hydrogen) atoms. The van der Waals surface area contributed by atoms with E-state index in [-0.39, 0.29) is 29.4 Å². The third kappa shape index (κ3) is 3.75. The van der Waals surface area contributed by atoms with Gasteiger partial charge in [-0.25, -0.2) is 0 Å². The molecule has 4 aliphatic carbocycles. The van der Waals surface area contributed by atoms with Crippen LogP contribution in [-0.4, -0.2) is 35.2 Å². The van der Waals surface area contributed by atoms with Crippen molar-refractivity contribution in [1.82, 2.24) is 4.90 Å². The number of nitrogens with zero attached hydrogens (tertiary/aromatic N) is 1. The first kappa shape index (κ1) is 22.4. The van der Waals surface area contributed by atoms with Gasteiger partial charge in [0.1, 0.15) is 12.6 Å². The number of rotatable bonds is 4. The Morgan fingerprint density at radius 3 is 2.73 bits per heavy atom. The highest BCUT2D eigenvalue weighted by Crippen LogP contribution is 2.65. The van der Waals surface area contributed by atoms with E-state index in [0.29, 0.717) is 42.0 Å². The molecule has 5 rings (SSSR count). The number of allylic oxidation sites excluding steroid dienone is 2. The summed E-state index contributed by atoms with van der Waals surface area (Å²) in [5, 5.41) is 0. The summed E-state index contributed by atoms with van der Waals surface area (Å²) < 4.78 is 6.09. The molecule has 0 spiro atoms. The lowest BCUT2D eigenvalue weighted by atomic mass is 9.47. The fraction of sp³-hybridized carbons (Fsp3) is 0.667. The first-order valence-electron chi connectivity index (χ1n) is 12.6. The average molecular weight is 453 g/mol. The van der Waals surface area contributed by atoms with Gasteiger partial charge in [0.25, 0.3) is 0 Å². The molecule has 3 saturated carbocycles. The van der Waals surface area contributed by atoms with Crippen LogP contribution in [0.3, 0.4) is 0 Å². The highest BCUT2D eigenvalue weighted by molar-refractivity contribution is 5.92. The third-order valence-electron chi connectivity index (χ3n) is 9.73.